The smallest absolute Gasteiger partial charge is 0.164 e. The van der Waals surface area contributed by atoms with Gasteiger partial charge in [-0.3, -0.25) is 0 Å². The van der Waals surface area contributed by atoms with Gasteiger partial charge in [0.05, 0.1) is 11.4 Å². The fraction of sp³-hybridized carbons (Fsp3) is 0.440. The van der Waals surface area contributed by atoms with Gasteiger partial charge in [0.2, 0.25) is 0 Å². The Labute approximate surface area is 191 Å². The minimum Gasteiger partial charge on any atom is -0.383 e. The molecule has 0 bridgehead atoms. The van der Waals surface area contributed by atoms with E-state index in [4.69, 9.17) is 15.2 Å². The number of fused-ring (bicyclic) bond motifs is 3. The van der Waals surface area contributed by atoms with Gasteiger partial charge >= 0.3 is 0 Å². The Bertz CT molecular complexity index is 1270. The predicted octanol–water partition coefficient (Wildman–Crippen LogP) is 3.43. The van der Waals surface area contributed by atoms with Gasteiger partial charge in [-0.2, -0.15) is 0 Å². The number of rotatable bonds is 4. The van der Waals surface area contributed by atoms with E-state index in [1.807, 2.05) is 32.2 Å². The maximum Gasteiger partial charge on any atom is 0.164 e. The molecule has 2 aromatic heterocycles. The number of nitrogen functional groups attached to an aromatic ring is 1. The Kier molecular flexibility index (Phi) is 4.79. The molecule has 0 spiro atoms. The molecule has 3 aromatic rings. The van der Waals surface area contributed by atoms with Crippen LogP contribution < -0.4 is 11.1 Å². The van der Waals surface area contributed by atoms with Crippen LogP contribution in [0.4, 0.5) is 10.2 Å². The molecular weight excluding hydrogens is 421 g/mol. The lowest BCUT2D eigenvalue weighted by atomic mass is 9.91. The van der Waals surface area contributed by atoms with Crippen LogP contribution in [0.1, 0.15) is 43.0 Å². The fourth-order valence-corrected chi connectivity index (χ4v) is 5.57. The number of aromatic nitrogens is 3. The summed E-state index contributed by atoms with van der Waals surface area (Å²) in [5, 5.41) is 4.21. The predicted molar refractivity (Wildman–Crippen MR) is 123 cm³/mol. The Hall–Kier alpha value is -2.81. The average Bonchev–Trinajstić information content (AvgIpc) is 3.45. The SMILES string of the molecule is CC1(C)O[C@@H]2[C@H](O1)C(CCc1ccc(F)c3c1CNCC3)=C[C@H]2n1ccc2c(N)ncnc21. The van der Waals surface area contributed by atoms with E-state index in [-0.39, 0.29) is 24.1 Å². The van der Waals surface area contributed by atoms with Crippen LogP contribution in [0, 0.1) is 5.82 Å². The third-order valence-electron chi connectivity index (χ3n) is 7.08. The molecule has 8 heteroatoms. The summed E-state index contributed by atoms with van der Waals surface area (Å²) in [4.78, 5) is 8.58. The lowest BCUT2D eigenvalue weighted by Gasteiger charge is -2.22. The van der Waals surface area contributed by atoms with Crippen LogP contribution in [-0.2, 0) is 28.9 Å². The molecule has 1 aliphatic carbocycles. The monoisotopic (exact) mass is 449 g/mol. The van der Waals surface area contributed by atoms with E-state index in [1.165, 1.54) is 17.5 Å². The Morgan fingerprint density at radius 1 is 1.18 bits per heavy atom. The van der Waals surface area contributed by atoms with Crippen molar-refractivity contribution in [1.82, 2.24) is 19.9 Å². The molecule has 2 aliphatic heterocycles. The summed E-state index contributed by atoms with van der Waals surface area (Å²) in [7, 11) is 0. The average molecular weight is 450 g/mol. The summed E-state index contributed by atoms with van der Waals surface area (Å²) in [6, 6.07) is 5.44. The second-order valence-corrected chi connectivity index (χ2v) is 9.56. The van der Waals surface area contributed by atoms with Crippen molar-refractivity contribution >= 4 is 16.9 Å². The lowest BCUT2D eigenvalue weighted by molar-refractivity contribution is -0.147. The minimum absolute atomic E-state index is 0.0534. The van der Waals surface area contributed by atoms with Crippen molar-refractivity contribution in [3.05, 3.63) is 64.9 Å². The largest absolute Gasteiger partial charge is 0.383 e. The molecule has 3 aliphatic rings. The standard InChI is InChI=1S/C25H28FN5O2/c1-25(2)32-21-15(4-3-14-5-6-19(26)16-7-9-28-12-18(14)16)11-20(22(21)33-25)31-10-8-17-23(27)29-13-30-24(17)31/h5-6,8,10-11,13,20-22,28H,3-4,7,9,12H2,1-2H3,(H2,27,29,30)/t20-,21-,22+/m1/s1. The topological polar surface area (TPSA) is 87.2 Å². The summed E-state index contributed by atoms with van der Waals surface area (Å²) < 4.78 is 29.1. The van der Waals surface area contributed by atoms with Gasteiger partial charge in [-0.25, -0.2) is 14.4 Å². The van der Waals surface area contributed by atoms with Crippen molar-refractivity contribution in [2.45, 2.75) is 63.7 Å². The fourth-order valence-electron chi connectivity index (χ4n) is 5.57. The van der Waals surface area contributed by atoms with Crippen LogP contribution in [-0.4, -0.2) is 39.1 Å². The Morgan fingerprint density at radius 3 is 2.94 bits per heavy atom. The van der Waals surface area contributed by atoms with E-state index in [0.29, 0.717) is 5.82 Å². The number of nitrogens with zero attached hydrogens (tertiary/aromatic N) is 3. The van der Waals surface area contributed by atoms with Crippen molar-refractivity contribution in [2.75, 3.05) is 12.3 Å². The number of nitrogens with two attached hydrogens (primary N) is 1. The first-order valence-electron chi connectivity index (χ1n) is 11.5. The number of ether oxygens (including phenoxy) is 2. The second-order valence-electron chi connectivity index (χ2n) is 9.56. The van der Waals surface area contributed by atoms with E-state index in [2.05, 4.69) is 25.9 Å². The van der Waals surface area contributed by atoms with Gasteiger partial charge in [-0.1, -0.05) is 12.1 Å². The first-order chi connectivity index (χ1) is 15.9. The van der Waals surface area contributed by atoms with E-state index >= 15 is 0 Å². The van der Waals surface area contributed by atoms with E-state index in [0.717, 1.165) is 54.5 Å². The molecule has 3 atom stereocenters. The molecule has 0 amide bonds. The third kappa shape index (κ3) is 3.44. The normalized spacial score (nSPS) is 25.8. The van der Waals surface area contributed by atoms with Crippen molar-refractivity contribution < 1.29 is 13.9 Å². The summed E-state index contributed by atoms with van der Waals surface area (Å²) in [6.45, 7) is 5.45. The van der Waals surface area contributed by atoms with Gasteiger partial charge < -0.3 is 25.1 Å². The van der Waals surface area contributed by atoms with Crippen LogP contribution in [0.2, 0.25) is 0 Å². The zero-order chi connectivity index (χ0) is 22.7. The van der Waals surface area contributed by atoms with Crippen LogP contribution in [0.15, 0.2) is 42.4 Å². The van der Waals surface area contributed by atoms with E-state index < -0.39 is 5.79 Å². The van der Waals surface area contributed by atoms with E-state index in [1.54, 1.807) is 6.07 Å². The molecule has 0 saturated carbocycles. The summed E-state index contributed by atoms with van der Waals surface area (Å²) in [5.41, 5.74) is 11.2. The molecule has 7 nitrogen and oxygen atoms in total. The molecular formula is C25H28FN5O2. The highest BCUT2D eigenvalue weighted by Gasteiger charge is 2.50. The van der Waals surface area contributed by atoms with Crippen molar-refractivity contribution in [3.63, 3.8) is 0 Å². The molecule has 172 valence electrons. The second kappa shape index (κ2) is 7.62. The molecule has 33 heavy (non-hydrogen) atoms. The van der Waals surface area contributed by atoms with Crippen LogP contribution in [0.5, 0.6) is 0 Å². The molecule has 3 N–H and O–H groups in total. The van der Waals surface area contributed by atoms with Gasteiger partial charge in [-0.15, -0.1) is 0 Å². The number of anilines is 1. The summed E-state index contributed by atoms with van der Waals surface area (Å²) in [6.07, 6.45) is 7.85. The summed E-state index contributed by atoms with van der Waals surface area (Å²) in [5.74, 6) is -0.287. The zero-order valence-corrected chi connectivity index (χ0v) is 18.8. The number of hydrogen-bond donors (Lipinski definition) is 2. The molecule has 0 radical (unpaired) electrons. The highest BCUT2D eigenvalue weighted by molar-refractivity contribution is 5.86. The molecule has 0 unspecified atom stereocenters. The minimum atomic E-state index is -0.664. The van der Waals surface area contributed by atoms with Crippen LogP contribution in [0.3, 0.4) is 0 Å². The molecule has 1 saturated heterocycles. The Balaban J connectivity index is 1.33. The maximum atomic E-state index is 14.3. The number of nitrogens with one attached hydrogen (secondary N) is 1. The van der Waals surface area contributed by atoms with E-state index in [9.17, 15) is 4.39 Å². The van der Waals surface area contributed by atoms with Gasteiger partial charge in [0.15, 0.2) is 5.79 Å². The molecule has 4 heterocycles. The highest BCUT2D eigenvalue weighted by Crippen LogP contribution is 2.45. The first kappa shape index (κ1) is 20.8. The van der Waals surface area contributed by atoms with Crippen molar-refractivity contribution in [1.29, 1.82) is 0 Å². The quantitative estimate of drug-likeness (QED) is 0.594. The number of halogens is 1. The van der Waals surface area contributed by atoms with Gasteiger partial charge in [-0.05, 0) is 74.1 Å². The van der Waals surface area contributed by atoms with Gasteiger partial charge in [0, 0.05) is 12.7 Å². The molecule has 1 aromatic carbocycles. The first-order valence-corrected chi connectivity index (χ1v) is 11.5. The maximum absolute atomic E-state index is 14.3. The molecule has 1 fully saturated rings. The van der Waals surface area contributed by atoms with Gasteiger partial charge in [0.25, 0.3) is 0 Å². The lowest BCUT2D eigenvalue weighted by Crippen LogP contribution is -2.28. The number of aryl methyl sites for hydroxylation is 1. The van der Waals surface area contributed by atoms with Crippen molar-refractivity contribution in [3.8, 4) is 0 Å². The van der Waals surface area contributed by atoms with Crippen LogP contribution in [0.25, 0.3) is 11.0 Å². The Morgan fingerprint density at radius 2 is 2.06 bits per heavy atom. The van der Waals surface area contributed by atoms with Crippen molar-refractivity contribution in [2.24, 2.45) is 0 Å². The van der Waals surface area contributed by atoms with Gasteiger partial charge in [0.1, 0.15) is 35.8 Å². The number of benzene rings is 1. The van der Waals surface area contributed by atoms with Crippen LogP contribution >= 0.6 is 0 Å². The third-order valence-corrected chi connectivity index (χ3v) is 7.08. The highest BCUT2D eigenvalue weighted by atomic mass is 19.1. The summed E-state index contributed by atoms with van der Waals surface area (Å²) >= 11 is 0. The number of hydrogen-bond acceptors (Lipinski definition) is 6. The zero-order valence-electron chi connectivity index (χ0n) is 18.8. The molecule has 6 rings (SSSR count).